The maximum Gasteiger partial charge on any atom is 0.338 e. The van der Waals surface area contributed by atoms with E-state index < -0.39 is 23.2 Å². The number of hydrogen-bond acceptors (Lipinski definition) is 5. The van der Waals surface area contributed by atoms with Gasteiger partial charge in [0.15, 0.2) is 0 Å². The van der Waals surface area contributed by atoms with Crippen LogP contribution in [0.2, 0.25) is 0 Å². The Hall–Kier alpha value is -2.50. The summed E-state index contributed by atoms with van der Waals surface area (Å²) < 4.78 is 0. The zero-order valence-corrected chi connectivity index (χ0v) is 17.0. The molecule has 1 aliphatic heterocycles. The van der Waals surface area contributed by atoms with Crippen LogP contribution in [0.4, 0.5) is 0 Å². The van der Waals surface area contributed by atoms with Crippen LogP contribution in [0.5, 0.6) is 0 Å². The van der Waals surface area contributed by atoms with Crippen LogP contribution in [-0.4, -0.2) is 28.6 Å². The number of unbranched alkanes of at least 4 members (excludes halogenated alkanes) is 3. The topological polar surface area (TPSA) is 80.8 Å². The van der Waals surface area contributed by atoms with Crippen molar-refractivity contribution in [1.29, 1.82) is 0 Å². The summed E-state index contributed by atoms with van der Waals surface area (Å²) >= 11 is 0. The molecule has 152 valence electrons. The smallest absolute Gasteiger partial charge is 0.329 e. The maximum atomic E-state index is 12.5. The first kappa shape index (κ1) is 21.8. The monoisotopic (exact) mass is 387 g/mol. The number of amides is 2. The summed E-state index contributed by atoms with van der Waals surface area (Å²) in [6, 6.07) is 6.39. The number of benzene rings is 1. The number of carbonyl (C=O) groups excluding carboxylic acids is 4. The van der Waals surface area contributed by atoms with Crippen LogP contribution in [0, 0.1) is 5.41 Å². The molecule has 2 amide bonds. The van der Waals surface area contributed by atoms with Gasteiger partial charge in [-0.3, -0.25) is 14.4 Å². The van der Waals surface area contributed by atoms with Gasteiger partial charge < -0.3 is 4.84 Å². The number of hydrogen-bond donors (Lipinski definition) is 0. The zero-order valence-electron chi connectivity index (χ0n) is 17.0. The van der Waals surface area contributed by atoms with Crippen molar-refractivity contribution < 1.29 is 24.0 Å². The number of fused-ring (bicyclic) bond motifs is 1. The van der Waals surface area contributed by atoms with Gasteiger partial charge in [-0.1, -0.05) is 43.4 Å². The predicted octanol–water partition coefficient (Wildman–Crippen LogP) is 4.48. The van der Waals surface area contributed by atoms with E-state index in [1.54, 1.807) is 26.0 Å². The largest absolute Gasteiger partial charge is 0.338 e. The van der Waals surface area contributed by atoms with Gasteiger partial charge in [0.2, 0.25) is 0 Å². The minimum atomic E-state index is -0.832. The number of hydroxylamine groups is 2. The van der Waals surface area contributed by atoms with Crippen LogP contribution in [0.15, 0.2) is 24.3 Å². The summed E-state index contributed by atoms with van der Waals surface area (Å²) in [5.74, 6) is -1.54. The van der Waals surface area contributed by atoms with Crippen molar-refractivity contribution >= 4 is 23.6 Å². The quantitative estimate of drug-likeness (QED) is 0.413. The van der Waals surface area contributed by atoms with E-state index in [1.807, 2.05) is 0 Å². The molecule has 1 heterocycles. The molecule has 28 heavy (non-hydrogen) atoms. The molecule has 0 unspecified atom stereocenters. The second kappa shape index (κ2) is 9.62. The molecule has 0 saturated heterocycles. The van der Waals surface area contributed by atoms with E-state index in [4.69, 9.17) is 4.84 Å². The summed E-state index contributed by atoms with van der Waals surface area (Å²) in [4.78, 5) is 54.0. The van der Waals surface area contributed by atoms with E-state index >= 15 is 0 Å². The molecule has 0 aromatic heterocycles. The molecule has 6 nitrogen and oxygen atoms in total. The molecule has 0 N–H and O–H groups in total. The van der Waals surface area contributed by atoms with Crippen molar-refractivity contribution in [2.75, 3.05) is 0 Å². The summed E-state index contributed by atoms with van der Waals surface area (Å²) in [5.41, 5.74) is -0.349. The Kier molecular flexibility index (Phi) is 7.49. The average molecular weight is 387 g/mol. The van der Waals surface area contributed by atoms with Gasteiger partial charge in [-0.25, -0.2) is 4.79 Å². The molecule has 2 rings (SSSR count). The van der Waals surface area contributed by atoms with Crippen LogP contribution < -0.4 is 0 Å². The Balaban J connectivity index is 1.79. The lowest BCUT2D eigenvalue weighted by atomic mass is 9.87. The normalized spacial score (nSPS) is 13.6. The van der Waals surface area contributed by atoms with E-state index in [0.717, 1.165) is 32.1 Å². The van der Waals surface area contributed by atoms with Gasteiger partial charge in [0.05, 0.1) is 16.5 Å². The number of nitrogens with zero attached hydrogens (tertiary/aromatic N) is 1. The van der Waals surface area contributed by atoms with Crippen molar-refractivity contribution in [2.45, 2.75) is 72.1 Å². The third-order valence-corrected chi connectivity index (χ3v) is 5.05. The molecule has 0 bridgehead atoms. The third-order valence-electron chi connectivity index (χ3n) is 5.05. The lowest BCUT2D eigenvalue weighted by Gasteiger charge is -2.24. The summed E-state index contributed by atoms with van der Waals surface area (Å²) in [6.07, 6.45) is 6.18. The van der Waals surface area contributed by atoms with Gasteiger partial charge in [-0.05, 0) is 45.2 Å². The van der Waals surface area contributed by atoms with Gasteiger partial charge in [0.1, 0.15) is 5.78 Å². The first-order valence-electron chi connectivity index (χ1n) is 10.00. The molecule has 0 spiro atoms. The fourth-order valence-corrected chi connectivity index (χ4v) is 3.12. The second-order valence-electron chi connectivity index (χ2n) is 7.92. The Morgan fingerprint density at radius 3 is 2.07 bits per heavy atom. The number of rotatable bonds is 11. The van der Waals surface area contributed by atoms with Crippen molar-refractivity contribution in [3.63, 3.8) is 0 Å². The van der Waals surface area contributed by atoms with E-state index in [-0.39, 0.29) is 11.1 Å². The van der Waals surface area contributed by atoms with E-state index in [9.17, 15) is 19.2 Å². The van der Waals surface area contributed by atoms with Gasteiger partial charge in [0.25, 0.3) is 11.8 Å². The Bertz CT molecular complexity index is 718. The Labute approximate surface area is 166 Å². The molecule has 1 aliphatic rings. The maximum absolute atomic E-state index is 12.5. The standard InChI is InChI=1S/C22H29NO5/c1-4-5-11-16(24)12-7-6-10-15-22(2,3)21(27)28-23-19(25)17-13-8-9-14-18(17)20(23)26/h8-9,13-14H,4-7,10-12,15H2,1-3H3. The van der Waals surface area contributed by atoms with Gasteiger partial charge in [-0.2, -0.15) is 0 Å². The van der Waals surface area contributed by atoms with Crippen LogP contribution in [-0.2, 0) is 14.4 Å². The summed E-state index contributed by atoms with van der Waals surface area (Å²) in [5, 5.41) is 0.557. The first-order valence-corrected chi connectivity index (χ1v) is 10.00. The fourth-order valence-electron chi connectivity index (χ4n) is 3.12. The van der Waals surface area contributed by atoms with Gasteiger partial charge in [-0.15, -0.1) is 0 Å². The molecule has 0 radical (unpaired) electrons. The minimum absolute atomic E-state index is 0.242. The molecule has 0 aliphatic carbocycles. The number of imide groups is 1. The van der Waals surface area contributed by atoms with E-state index in [1.165, 1.54) is 12.1 Å². The summed E-state index contributed by atoms with van der Waals surface area (Å²) in [6.45, 7) is 5.54. The molecule has 1 aromatic rings. The van der Waals surface area contributed by atoms with Crippen LogP contribution in [0.25, 0.3) is 0 Å². The van der Waals surface area contributed by atoms with Crippen LogP contribution in [0.3, 0.4) is 0 Å². The zero-order chi connectivity index (χ0) is 20.7. The molecule has 0 atom stereocenters. The fraction of sp³-hybridized carbons (Fsp3) is 0.545. The molecular weight excluding hydrogens is 358 g/mol. The lowest BCUT2D eigenvalue weighted by molar-refractivity contribution is -0.179. The molecule has 6 heteroatoms. The molecule has 0 fully saturated rings. The molecule has 0 saturated carbocycles. The summed E-state index contributed by atoms with van der Waals surface area (Å²) in [7, 11) is 0. The lowest BCUT2D eigenvalue weighted by Crippen LogP contribution is -2.38. The Morgan fingerprint density at radius 1 is 0.929 bits per heavy atom. The number of carbonyl (C=O) groups is 4. The van der Waals surface area contributed by atoms with E-state index in [0.29, 0.717) is 30.1 Å². The third kappa shape index (κ3) is 5.27. The van der Waals surface area contributed by atoms with Gasteiger partial charge in [0, 0.05) is 12.8 Å². The highest BCUT2D eigenvalue weighted by atomic mass is 16.7. The average Bonchev–Trinajstić information content (AvgIpc) is 2.91. The molecule has 1 aromatic carbocycles. The van der Waals surface area contributed by atoms with Crippen LogP contribution >= 0.6 is 0 Å². The van der Waals surface area contributed by atoms with Gasteiger partial charge >= 0.3 is 5.97 Å². The first-order chi connectivity index (χ1) is 13.3. The highest BCUT2D eigenvalue weighted by Crippen LogP contribution is 2.29. The molecular formula is C22H29NO5. The SMILES string of the molecule is CCCCC(=O)CCCCCC(C)(C)C(=O)ON1C(=O)c2ccccc2C1=O. The van der Waals surface area contributed by atoms with Crippen molar-refractivity contribution in [2.24, 2.45) is 5.41 Å². The second-order valence-corrected chi connectivity index (χ2v) is 7.92. The van der Waals surface area contributed by atoms with Crippen LogP contribution in [0.1, 0.15) is 92.9 Å². The predicted molar refractivity (Wildman–Crippen MR) is 104 cm³/mol. The minimum Gasteiger partial charge on any atom is -0.329 e. The highest BCUT2D eigenvalue weighted by molar-refractivity contribution is 6.20. The number of Topliss-reactive ketones (excluding diaryl/α,β-unsaturated/α-hetero) is 1. The Morgan fingerprint density at radius 2 is 1.50 bits per heavy atom. The number of ketones is 1. The van der Waals surface area contributed by atoms with Crippen molar-refractivity contribution in [3.8, 4) is 0 Å². The highest BCUT2D eigenvalue weighted by Gasteiger charge is 2.41. The van der Waals surface area contributed by atoms with Crippen molar-refractivity contribution in [3.05, 3.63) is 35.4 Å². The van der Waals surface area contributed by atoms with Crippen molar-refractivity contribution in [1.82, 2.24) is 5.06 Å². The van der Waals surface area contributed by atoms with E-state index in [2.05, 4.69) is 6.92 Å².